The number of rotatable bonds is 4. The molecule has 0 fully saturated rings. The fourth-order valence-electron chi connectivity index (χ4n) is 2.36. The number of halogens is 2. The molecule has 1 unspecified atom stereocenters. The monoisotopic (exact) mass is 361 g/mol. The predicted molar refractivity (Wildman–Crippen MR) is 95.9 cm³/mol. The molecule has 4 nitrogen and oxygen atoms in total. The van der Waals surface area contributed by atoms with E-state index in [2.05, 4.69) is 15.3 Å². The van der Waals surface area contributed by atoms with E-state index in [-0.39, 0.29) is 5.91 Å². The van der Waals surface area contributed by atoms with Crippen LogP contribution in [0.5, 0.6) is 0 Å². The van der Waals surface area contributed by atoms with Gasteiger partial charge in [0, 0.05) is 17.8 Å². The normalized spacial score (nSPS) is 12.4. The number of fused-ring (bicyclic) bond motifs is 1. The van der Waals surface area contributed by atoms with Crippen LogP contribution in [0.2, 0.25) is 0 Å². The number of nitrogens with one attached hydrogen (secondary N) is 2. The quantitative estimate of drug-likeness (QED) is 0.669. The second-order valence-corrected chi connectivity index (χ2v) is 7.22. The van der Waals surface area contributed by atoms with E-state index in [9.17, 15) is 13.6 Å². The van der Waals surface area contributed by atoms with Crippen molar-refractivity contribution < 1.29 is 13.6 Å². The number of carbonyl (C=O) groups is 1. The van der Waals surface area contributed by atoms with Gasteiger partial charge in [-0.3, -0.25) is 4.79 Å². The van der Waals surface area contributed by atoms with Gasteiger partial charge < -0.3 is 10.3 Å². The second kappa shape index (κ2) is 6.84. The SMILES string of the molecule is Cc1ccc(C)c(NC(=O)C(C)Sc2nc3cc(F)c(F)cc3[nH]2)c1. The summed E-state index contributed by atoms with van der Waals surface area (Å²) in [5, 5.41) is 2.90. The van der Waals surface area contributed by atoms with Crippen LogP contribution in [0.15, 0.2) is 35.5 Å². The Morgan fingerprint density at radius 3 is 2.68 bits per heavy atom. The van der Waals surface area contributed by atoms with Crippen molar-refractivity contribution in [3.05, 3.63) is 53.1 Å². The Bertz CT molecular complexity index is 916. The molecule has 0 saturated heterocycles. The summed E-state index contributed by atoms with van der Waals surface area (Å²) in [6, 6.07) is 7.94. The maximum absolute atomic E-state index is 13.3. The van der Waals surface area contributed by atoms with Gasteiger partial charge >= 0.3 is 0 Å². The molecule has 2 aromatic carbocycles. The summed E-state index contributed by atoms with van der Waals surface area (Å²) in [5.41, 5.74) is 3.52. The molecule has 0 spiro atoms. The fraction of sp³-hybridized carbons (Fsp3) is 0.222. The molecule has 0 saturated carbocycles. The predicted octanol–water partition coefficient (Wildman–Crippen LogP) is 4.58. The Kier molecular flexibility index (Phi) is 4.76. The van der Waals surface area contributed by atoms with Crippen LogP contribution >= 0.6 is 11.8 Å². The van der Waals surface area contributed by atoms with Crippen LogP contribution in [0.1, 0.15) is 18.1 Å². The highest BCUT2D eigenvalue weighted by Crippen LogP contribution is 2.26. The van der Waals surface area contributed by atoms with Crippen molar-refractivity contribution in [1.29, 1.82) is 0 Å². The van der Waals surface area contributed by atoms with Gasteiger partial charge in [0.15, 0.2) is 16.8 Å². The standard InChI is InChI=1S/C18H17F2N3OS/c1-9-4-5-10(2)14(6-9)21-17(24)11(3)25-18-22-15-7-12(19)13(20)8-16(15)23-18/h4-8,11H,1-3H3,(H,21,24)(H,22,23). The Balaban J connectivity index is 1.74. The van der Waals surface area contributed by atoms with Crippen LogP contribution in [0.3, 0.4) is 0 Å². The first-order valence-corrected chi connectivity index (χ1v) is 8.61. The summed E-state index contributed by atoms with van der Waals surface area (Å²) in [5.74, 6) is -2.05. The van der Waals surface area contributed by atoms with Crippen LogP contribution in [-0.4, -0.2) is 21.1 Å². The number of H-pyrrole nitrogens is 1. The van der Waals surface area contributed by atoms with E-state index in [1.165, 1.54) is 11.8 Å². The number of thioether (sulfide) groups is 1. The largest absolute Gasteiger partial charge is 0.333 e. The Labute approximate surface area is 148 Å². The minimum absolute atomic E-state index is 0.170. The van der Waals surface area contributed by atoms with Crippen LogP contribution in [0.4, 0.5) is 14.5 Å². The third-order valence-electron chi connectivity index (χ3n) is 3.81. The second-order valence-electron chi connectivity index (χ2n) is 5.89. The zero-order valence-electron chi connectivity index (χ0n) is 14.0. The van der Waals surface area contributed by atoms with E-state index < -0.39 is 16.9 Å². The molecule has 0 aliphatic rings. The molecule has 25 heavy (non-hydrogen) atoms. The van der Waals surface area contributed by atoms with Crippen LogP contribution in [0.25, 0.3) is 11.0 Å². The molecule has 1 amide bonds. The van der Waals surface area contributed by atoms with E-state index in [4.69, 9.17) is 0 Å². The molecule has 3 rings (SSSR count). The summed E-state index contributed by atoms with van der Waals surface area (Å²) in [7, 11) is 0. The van der Waals surface area contributed by atoms with Crippen LogP contribution < -0.4 is 5.32 Å². The maximum Gasteiger partial charge on any atom is 0.237 e. The molecule has 2 N–H and O–H groups in total. The average molecular weight is 361 g/mol. The van der Waals surface area contributed by atoms with Crippen LogP contribution in [-0.2, 0) is 4.79 Å². The number of aromatic amines is 1. The van der Waals surface area contributed by atoms with Gasteiger partial charge in [-0.05, 0) is 38.0 Å². The van der Waals surface area contributed by atoms with Gasteiger partial charge in [-0.15, -0.1) is 0 Å². The molecule has 0 aliphatic carbocycles. The molecular formula is C18H17F2N3OS. The molecule has 1 atom stereocenters. The lowest BCUT2D eigenvalue weighted by molar-refractivity contribution is -0.115. The van der Waals surface area contributed by atoms with Crippen molar-refractivity contribution in [1.82, 2.24) is 9.97 Å². The van der Waals surface area contributed by atoms with E-state index in [0.29, 0.717) is 16.2 Å². The molecule has 130 valence electrons. The molecule has 0 radical (unpaired) electrons. The zero-order valence-corrected chi connectivity index (χ0v) is 14.8. The summed E-state index contributed by atoms with van der Waals surface area (Å²) in [6.07, 6.45) is 0. The number of aryl methyl sites for hydroxylation is 2. The lowest BCUT2D eigenvalue weighted by Crippen LogP contribution is -2.23. The number of aromatic nitrogens is 2. The molecule has 1 heterocycles. The van der Waals surface area contributed by atoms with Crippen molar-refractivity contribution in [2.75, 3.05) is 5.32 Å². The Hall–Kier alpha value is -2.41. The van der Waals surface area contributed by atoms with Crippen molar-refractivity contribution in [2.45, 2.75) is 31.2 Å². The fourth-order valence-corrected chi connectivity index (χ4v) is 3.18. The lowest BCUT2D eigenvalue weighted by Gasteiger charge is -2.13. The number of amides is 1. The molecule has 1 aromatic heterocycles. The van der Waals surface area contributed by atoms with Crippen LogP contribution in [0, 0.1) is 25.5 Å². The maximum atomic E-state index is 13.3. The average Bonchev–Trinajstić information content (AvgIpc) is 2.92. The Morgan fingerprint density at radius 1 is 1.20 bits per heavy atom. The van der Waals surface area contributed by atoms with Crippen molar-refractivity contribution in [2.24, 2.45) is 0 Å². The number of carbonyl (C=O) groups excluding carboxylic acids is 1. The molecule has 0 bridgehead atoms. The number of hydrogen-bond acceptors (Lipinski definition) is 3. The topological polar surface area (TPSA) is 57.8 Å². The first-order chi connectivity index (χ1) is 11.8. The highest BCUT2D eigenvalue weighted by atomic mass is 32.2. The zero-order chi connectivity index (χ0) is 18.1. The van der Waals surface area contributed by atoms with Gasteiger partial charge in [-0.25, -0.2) is 13.8 Å². The third-order valence-corrected chi connectivity index (χ3v) is 4.80. The van der Waals surface area contributed by atoms with Gasteiger partial charge in [0.1, 0.15) is 0 Å². The van der Waals surface area contributed by atoms with Gasteiger partial charge in [0.25, 0.3) is 0 Å². The number of hydrogen-bond donors (Lipinski definition) is 2. The number of imidazole rings is 1. The van der Waals surface area contributed by atoms with Crippen molar-refractivity contribution in [3.63, 3.8) is 0 Å². The highest BCUT2D eigenvalue weighted by molar-refractivity contribution is 8.00. The first kappa shape index (κ1) is 17.4. The molecule has 7 heteroatoms. The first-order valence-electron chi connectivity index (χ1n) is 7.73. The van der Waals surface area contributed by atoms with E-state index in [1.807, 2.05) is 32.0 Å². The summed E-state index contributed by atoms with van der Waals surface area (Å²) >= 11 is 1.19. The summed E-state index contributed by atoms with van der Waals surface area (Å²) < 4.78 is 26.5. The van der Waals surface area contributed by atoms with Gasteiger partial charge in [-0.2, -0.15) is 0 Å². The molecule has 0 aliphatic heterocycles. The minimum Gasteiger partial charge on any atom is -0.333 e. The molecular weight excluding hydrogens is 344 g/mol. The summed E-state index contributed by atoms with van der Waals surface area (Å²) in [4.78, 5) is 19.5. The third kappa shape index (κ3) is 3.82. The van der Waals surface area contributed by atoms with E-state index in [1.54, 1.807) is 6.92 Å². The molecule has 3 aromatic rings. The van der Waals surface area contributed by atoms with Crippen molar-refractivity contribution in [3.8, 4) is 0 Å². The smallest absolute Gasteiger partial charge is 0.237 e. The van der Waals surface area contributed by atoms with Crippen molar-refractivity contribution >= 4 is 34.4 Å². The van der Waals surface area contributed by atoms with E-state index in [0.717, 1.165) is 28.9 Å². The van der Waals surface area contributed by atoms with Gasteiger partial charge in [-0.1, -0.05) is 23.9 Å². The minimum atomic E-state index is -0.948. The highest BCUT2D eigenvalue weighted by Gasteiger charge is 2.18. The van der Waals surface area contributed by atoms with E-state index >= 15 is 0 Å². The Morgan fingerprint density at radius 2 is 1.92 bits per heavy atom. The number of nitrogens with zero attached hydrogens (tertiary/aromatic N) is 1. The lowest BCUT2D eigenvalue weighted by atomic mass is 10.1. The van der Waals surface area contributed by atoms with Gasteiger partial charge in [0.2, 0.25) is 5.91 Å². The number of benzene rings is 2. The van der Waals surface area contributed by atoms with Gasteiger partial charge in [0.05, 0.1) is 16.3 Å². The summed E-state index contributed by atoms with van der Waals surface area (Å²) in [6.45, 7) is 5.63. The number of anilines is 1.